The number of hydrogen-bond acceptors (Lipinski definition) is 7. The van der Waals surface area contributed by atoms with Crippen molar-refractivity contribution in [2.45, 2.75) is 38.8 Å². The summed E-state index contributed by atoms with van der Waals surface area (Å²) in [5, 5.41) is 23.6. The fourth-order valence-electron chi connectivity index (χ4n) is 1.85. The van der Waals surface area contributed by atoms with Crippen LogP contribution in [0.15, 0.2) is 18.2 Å². The summed E-state index contributed by atoms with van der Waals surface area (Å²) in [7, 11) is 6.45. The van der Waals surface area contributed by atoms with Crippen LogP contribution in [0.25, 0.3) is 0 Å². The molecule has 26 heavy (non-hydrogen) atoms. The summed E-state index contributed by atoms with van der Waals surface area (Å²) in [6.07, 6.45) is -2.57. The number of hydrogen-bond donors (Lipinski definition) is 3. The molecule has 0 heterocycles. The summed E-state index contributed by atoms with van der Waals surface area (Å²) in [6.45, 7) is 6.30. The van der Waals surface area contributed by atoms with Crippen LogP contribution in [0.5, 0.6) is 11.5 Å². The van der Waals surface area contributed by atoms with Gasteiger partial charge in [-0.2, -0.15) is 0 Å². The minimum Gasteiger partial charge on any atom is -0.451 e. The molecule has 0 fully saturated rings. The fourth-order valence-corrected chi connectivity index (χ4v) is 1.85. The number of carbonyl (C=O) groups excluding carboxylic acids is 1. The molecule has 1 aromatic rings. The molecule has 0 aliphatic heterocycles. The van der Waals surface area contributed by atoms with E-state index in [1.165, 1.54) is 15.9 Å². The number of benzene rings is 1. The van der Waals surface area contributed by atoms with Gasteiger partial charge in [0.15, 0.2) is 0 Å². The standard InChI is InChI=1S/C18H31N3O5/c1-18(2,3)19-11-15(22)12-8-13(25-16(23)20(4)5)10-14(9-12)26-17(24)21(6)7/h8-10,15-16,19,22-23H,11H2,1-7H3. The Morgan fingerprint density at radius 2 is 1.69 bits per heavy atom. The van der Waals surface area contributed by atoms with Crippen molar-refractivity contribution in [1.82, 2.24) is 15.1 Å². The lowest BCUT2D eigenvalue weighted by atomic mass is 10.1. The molecule has 0 saturated carbocycles. The average Bonchev–Trinajstić information content (AvgIpc) is 2.51. The molecule has 2 unspecified atom stereocenters. The highest BCUT2D eigenvalue weighted by atomic mass is 16.6. The minimum absolute atomic E-state index is 0.156. The van der Waals surface area contributed by atoms with Crippen LogP contribution >= 0.6 is 0 Å². The van der Waals surface area contributed by atoms with Crippen molar-refractivity contribution >= 4 is 6.09 Å². The molecule has 0 radical (unpaired) electrons. The number of aliphatic hydroxyl groups excluding tert-OH is 2. The van der Waals surface area contributed by atoms with Crippen LogP contribution < -0.4 is 14.8 Å². The minimum atomic E-state index is -1.17. The van der Waals surface area contributed by atoms with Crippen LogP contribution in [-0.2, 0) is 0 Å². The van der Waals surface area contributed by atoms with E-state index in [0.29, 0.717) is 12.1 Å². The largest absolute Gasteiger partial charge is 0.451 e. The van der Waals surface area contributed by atoms with E-state index in [9.17, 15) is 15.0 Å². The van der Waals surface area contributed by atoms with E-state index in [-0.39, 0.29) is 17.0 Å². The van der Waals surface area contributed by atoms with Gasteiger partial charge in [0, 0.05) is 32.2 Å². The fraction of sp³-hybridized carbons (Fsp3) is 0.611. The molecule has 1 amide bonds. The number of rotatable bonds is 7. The SMILES string of the molecule is CN(C)C(=O)Oc1cc(OC(O)N(C)C)cc(C(O)CNC(C)(C)C)c1. The Kier molecular flexibility index (Phi) is 7.83. The molecule has 148 valence electrons. The van der Waals surface area contributed by atoms with Crippen LogP contribution in [0.3, 0.4) is 0 Å². The van der Waals surface area contributed by atoms with E-state index in [1.54, 1.807) is 40.3 Å². The monoisotopic (exact) mass is 369 g/mol. The lowest BCUT2D eigenvalue weighted by Gasteiger charge is -2.24. The maximum absolute atomic E-state index is 11.8. The van der Waals surface area contributed by atoms with Crippen LogP contribution in [0, 0.1) is 0 Å². The van der Waals surface area contributed by atoms with Crippen LogP contribution in [0.4, 0.5) is 4.79 Å². The Bertz CT molecular complexity index is 599. The molecule has 0 aliphatic carbocycles. The maximum Gasteiger partial charge on any atom is 0.414 e. The first kappa shape index (κ1) is 22.2. The van der Waals surface area contributed by atoms with E-state index in [2.05, 4.69) is 5.32 Å². The zero-order chi connectivity index (χ0) is 20.1. The molecule has 0 saturated heterocycles. The van der Waals surface area contributed by atoms with E-state index < -0.39 is 18.6 Å². The van der Waals surface area contributed by atoms with Crippen molar-refractivity contribution in [3.63, 3.8) is 0 Å². The molecule has 1 aromatic carbocycles. The third kappa shape index (κ3) is 7.57. The first-order valence-electron chi connectivity index (χ1n) is 8.37. The number of carbonyl (C=O) groups is 1. The van der Waals surface area contributed by atoms with Gasteiger partial charge in [0.2, 0.25) is 0 Å². The summed E-state index contributed by atoms with van der Waals surface area (Å²) >= 11 is 0. The van der Waals surface area contributed by atoms with E-state index in [1.807, 2.05) is 20.8 Å². The molecule has 0 spiro atoms. The van der Waals surface area contributed by atoms with Gasteiger partial charge in [-0.15, -0.1) is 0 Å². The summed E-state index contributed by atoms with van der Waals surface area (Å²) in [5.41, 5.74) is 0.350. The second-order valence-corrected chi connectivity index (χ2v) is 7.55. The topological polar surface area (TPSA) is 94.5 Å². The van der Waals surface area contributed by atoms with Gasteiger partial charge in [-0.25, -0.2) is 4.79 Å². The zero-order valence-electron chi connectivity index (χ0n) is 16.6. The van der Waals surface area contributed by atoms with Gasteiger partial charge < -0.3 is 29.9 Å². The number of aliphatic hydroxyl groups is 2. The van der Waals surface area contributed by atoms with Gasteiger partial charge in [-0.3, -0.25) is 4.90 Å². The molecular formula is C18H31N3O5. The average molecular weight is 369 g/mol. The summed E-state index contributed by atoms with van der Waals surface area (Å²) in [5.74, 6) is 0.497. The van der Waals surface area contributed by atoms with Crippen LogP contribution in [-0.4, -0.2) is 72.8 Å². The first-order chi connectivity index (χ1) is 11.9. The van der Waals surface area contributed by atoms with E-state index >= 15 is 0 Å². The van der Waals surface area contributed by atoms with E-state index in [0.717, 1.165) is 0 Å². The number of β-amino-alcohol motifs (C(OH)–C–C–N with tert-alkyl or cyclic N) is 1. The van der Waals surface area contributed by atoms with Crippen molar-refractivity contribution in [2.75, 3.05) is 34.7 Å². The summed E-state index contributed by atoms with van der Waals surface area (Å²) < 4.78 is 10.7. The smallest absolute Gasteiger partial charge is 0.414 e. The Hall–Kier alpha value is -1.87. The molecule has 2 atom stereocenters. The highest BCUT2D eigenvalue weighted by Gasteiger charge is 2.18. The van der Waals surface area contributed by atoms with Crippen molar-refractivity contribution < 1.29 is 24.5 Å². The molecule has 8 nitrogen and oxygen atoms in total. The van der Waals surface area contributed by atoms with Crippen molar-refractivity contribution in [3.8, 4) is 11.5 Å². The Balaban J connectivity index is 3.08. The lowest BCUT2D eigenvalue weighted by Crippen LogP contribution is -2.38. The van der Waals surface area contributed by atoms with Crippen molar-refractivity contribution in [1.29, 1.82) is 0 Å². The molecular weight excluding hydrogens is 338 g/mol. The molecule has 0 aliphatic rings. The highest BCUT2D eigenvalue weighted by Crippen LogP contribution is 2.28. The Morgan fingerprint density at radius 1 is 1.12 bits per heavy atom. The molecule has 0 bridgehead atoms. The first-order valence-corrected chi connectivity index (χ1v) is 8.37. The van der Waals surface area contributed by atoms with Gasteiger partial charge in [-0.1, -0.05) is 0 Å². The third-order valence-electron chi connectivity index (χ3n) is 3.37. The van der Waals surface area contributed by atoms with Crippen LogP contribution in [0.1, 0.15) is 32.4 Å². The molecule has 8 heteroatoms. The Labute approximate surface area is 155 Å². The van der Waals surface area contributed by atoms with Crippen LogP contribution in [0.2, 0.25) is 0 Å². The van der Waals surface area contributed by atoms with E-state index in [4.69, 9.17) is 9.47 Å². The molecule has 0 aromatic heterocycles. The quantitative estimate of drug-likeness (QED) is 0.625. The zero-order valence-corrected chi connectivity index (χ0v) is 16.6. The van der Waals surface area contributed by atoms with Crippen molar-refractivity contribution in [3.05, 3.63) is 23.8 Å². The summed E-state index contributed by atoms with van der Waals surface area (Å²) in [6, 6.07) is 4.67. The number of ether oxygens (including phenoxy) is 2. The van der Waals surface area contributed by atoms with Gasteiger partial charge >= 0.3 is 6.09 Å². The predicted molar refractivity (Wildman–Crippen MR) is 99.2 cm³/mol. The number of nitrogens with zero attached hydrogens (tertiary/aromatic N) is 2. The summed E-state index contributed by atoms with van der Waals surface area (Å²) in [4.78, 5) is 14.6. The molecule has 1 rings (SSSR count). The van der Waals surface area contributed by atoms with Gasteiger partial charge in [0.1, 0.15) is 11.5 Å². The maximum atomic E-state index is 11.8. The van der Waals surface area contributed by atoms with Gasteiger partial charge in [-0.05, 0) is 52.6 Å². The Morgan fingerprint density at radius 3 is 2.19 bits per heavy atom. The second-order valence-electron chi connectivity index (χ2n) is 7.55. The molecule has 3 N–H and O–H groups in total. The normalized spacial score (nSPS) is 14.1. The lowest BCUT2D eigenvalue weighted by molar-refractivity contribution is -0.114. The third-order valence-corrected chi connectivity index (χ3v) is 3.37. The number of amides is 1. The van der Waals surface area contributed by atoms with Gasteiger partial charge in [0.25, 0.3) is 6.41 Å². The van der Waals surface area contributed by atoms with Crippen molar-refractivity contribution in [2.24, 2.45) is 0 Å². The number of nitrogens with one attached hydrogen (secondary N) is 1. The van der Waals surface area contributed by atoms with Gasteiger partial charge in [0.05, 0.1) is 6.10 Å². The predicted octanol–water partition coefficient (Wildman–Crippen LogP) is 1.38. The highest BCUT2D eigenvalue weighted by molar-refractivity contribution is 5.70. The second kappa shape index (κ2) is 9.18.